The third kappa shape index (κ3) is 2.26. The van der Waals surface area contributed by atoms with Crippen molar-refractivity contribution in [3.63, 3.8) is 0 Å². The van der Waals surface area contributed by atoms with E-state index in [0.717, 1.165) is 0 Å². The monoisotopic (exact) mass is 288 g/mol. The Labute approximate surface area is 119 Å². The smallest absolute Gasteiger partial charge is 0.325 e. The van der Waals surface area contributed by atoms with Gasteiger partial charge in [0.05, 0.1) is 5.69 Å². The molecule has 0 saturated heterocycles. The normalized spacial score (nSPS) is 11.0. The van der Waals surface area contributed by atoms with E-state index in [2.05, 4.69) is 10.1 Å². The average molecular weight is 288 g/mol. The standard InChI is InChI=1S/C14H13FN4O2/c1-9-12(21-14-16-8-17-19(9)14)13(20)18(2)7-10-5-3-4-6-11(10)15/h3-6,8H,7H2,1-2H3. The number of halogens is 1. The minimum Gasteiger partial charge on any atom is -0.416 e. The molecule has 0 atom stereocenters. The molecule has 6 nitrogen and oxygen atoms in total. The molecular weight excluding hydrogens is 275 g/mol. The molecule has 0 fully saturated rings. The molecular formula is C14H13FN4O2. The van der Waals surface area contributed by atoms with Crippen LogP contribution in [-0.2, 0) is 6.54 Å². The van der Waals surface area contributed by atoms with Gasteiger partial charge in [0.15, 0.2) is 0 Å². The van der Waals surface area contributed by atoms with Crippen molar-refractivity contribution in [3.05, 3.63) is 53.4 Å². The molecule has 0 N–H and O–H groups in total. The number of aryl methyl sites for hydroxylation is 1. The molecule has 2 heterocycles. The third-order valence-corrected chi connectivity index (χ3v) is 3.26. The number of hydrogen-bond acceptors (Lipinski definition) is 4. The van der Waals surface area contributed by atoms with E-state index in [0.29, 0.717) is 11.3 Å². The SMILES string of the molecule is Cc1c(C(=O)N(C)Cc2ccccc2F)oc2ncnn12. The van der Waals surface area contributed by atoms with Crippen molar-refractivity contribution in [3.8, 4) is 0 Å². The first-order valence-electron chi connectivity index (χ1n) is 6.36. The first kappa shape index (κ1) is 13.3. The van der Waals surface area contributed by atoms with Gasteiger partial charge in [0.2, 0.25) is 5.76 Å². The summed E-state index contributed by atoms with van der Waals surface area (Å²) in [6.07, 6.45) is 1.35. The van der Waals surface area contributed by atoms with Crippen LogP contribution in [0.25, 0.3) is 5.84 Å². The Morgan fingerprint density at radius 3 is 2.90 bits per heavy atom. The van der Waals surface area contributed by atoms with E-state index in [1.165, 1.54) is 21.8 Å². The molecule has 0 saturated carbocycles. The van der Waals surface area contributed by atoms with Gasteiger partial charge in [-0.3, -0.25) is 4.79 Å². The van der Waals surface area contributed by atoms with E-state index in [1.807, 2.05) is 0 Å². The molecule has 7 heteroatoms. The second-order valence-electron chi connectivity index (χ2n) is 4.72. The molecule has 0 bridgehead atoms. The highest BCUT2D eigenvalue weighted by Crippen LogP contribution is 2.17. The lowest BCUT2D eigenvalue weighted by molar-refractivity contribution is 0.0753. The molecule has 0 aliphatic carbocycles. The van der Waals surface area contributed by atoms with Crippen LogP contribution >= 0.6 is 0 Å². The van der Waals surface area contributed by atoms with Gasteiger partial charge in [-0.2, -0.15) is 14.6 Å². The Hall–Kier alpha value is -2.70. The maximum absolute atomic E-state index is 13.6. The van der Waals surface area contributed by atoms with Crippen LogP contribution in [0.15, 0.2) is 35.0 Å². The summed E-state index contributed by atoms with van der Waals surface area (Å²) in [4.78, 5) is 17.7. The molecule has 21 heavy (non-hydrogen) atoms. The lowest BCUT2D eigenvalue weighted by Gasteiger charge is -2.16. The highest BCUT2D eigenvalue weighted by molar-refractivity contribution is 5.92. The first-order valence-corrected chi connectivity index (χ1v) is 6.36. The molecule has 3 aromatic rings. The molecule has 0 aliphatic rings. The van der Waals surface area contributed by atoms with Crippen molar-refractivity contribution in [2.24, 2.45) is 0 Å². The number of aromatic nitrogens is 3. The van der Waals surface area contributed by atoms with E-state index in [1.54, 1.807) is 32.2 Å². The fraction of sp³-hybridized carbons (Fsp3) is 0.214. The Morgan fingerprint density at radius 2 is 2.19 bits per heavy atom. The van der Waals surface area contributed by atoms with Gasteiger partial charge in [-0.25, -0.2) is 4.39 Å². The Balaban J connectivity index is 1.86. The Morgan fingerprint density at radius 1 is 1.43 bits per heavy atom. The molecule has 108 valence electrons. The van der Waals surface area contributed by atoms with Gasteiger partial charge in [0, 0.05) is 19.2 Å². The van der Waals surface area contributed by atoms with Gasteiger partial charge < -0.3 is 9.32 Å². The summed E-state index contributed by atoms with van der Waals surface area (Å²) < 4.78 is 20.5. The maximum Gasteiger partial charge on any atom is 0.325 e. The number of carbonyl (C=O) groups excluding carboxylic acids is 1. The van der Waals surface area contributed by atoms with Crippen molar-refractivity contribution in [2.75, 3.05) is 7.05 Å². The zero-order chi connectivity index (χ0) is 15.0. The number of oxazole rings is 1. The van der Waals surface area contributed by atoms with Gasteiger partial charge in [-0.05, 0) is 13.0 Å². The minimum atomic E-state index is -0.344. The van der Waals surface area contributed by atoms with Crippen LogP contribution in [0.3, 0.4) is 0 Å². The summed E-state index contributed by atoms with van der Waals surface area (Å²) in [6, 6.07) is 6.34. The van der Waals surface area contributed by atoms with E-state index in [9.17, 15) is 9.18 Å². The van der Waals surface area contributed by atoms with Gasteiger partial charge in [0.1, 0.15) is 12.1 Å². The van der Waals surface area contributed by atoms with E-state index < -0.39 is 0 Å². The molecule has 0 unspecified atom stereocenters. The molecule has 0 radical (unpaired) electrons. The summed E-state index contributed by atoms with van der Waals surface area (Å²) in [5, 5.41) is 3.96. The van der Waals surface area contributed by atoms with Gasteiger partial charge in [0.25, 0.3) is 5.91 Å². The van der Waals surface area contributed by atoms with E-state index in [-0.39, 0.29) is 29.9 Å². The van der Waals surface area contributed by atoms with E-state index in [4.69, 9.17) is 4.42 Å². The van der Waals surface area contributed by atoms with Crippen molar-refractivity contribution in [1.29, 1.82) is 0 Å². The van der Waals surface area contributed by atoms with Crippen molar-refractivity contribution >= 4 is 11.8 Å². The molecule has 3 rings (SSSR count). The van der Waals surface area contributed by atoms with Gasteiger partial charge in [-0.15, -0.1) is 0 Å². The van der Waals surface area contributed by atoms with Crippen LogP contribution in [0.1, 0.15) is 21.8 Å². The zero-order valence-electron chi connectivity index (χ0n) is 11.6. The number of nitrogens with zero attached hydrogens (tertiary/aromatic N) is 4. The summed E-state index contributed by atoms with van der Waals surface area (Å²) in [5.41, 5.74) is 1.01. The summed E-state index contributed by atoms with van der Waals surface area (Å²) >= 11 is 0. The topological polar surface area (TPSA) is 63.6 Å². The molecule has 1 aromatic carbocycles. The minimum absolute atomic E-state index is 0.154. The number of fused-ring (bicyclic) bond motifs is 1. The highest BCUT2D eigenvalue weighted by Gasteiger charge is 2.22. The largest absolute Gasteiger partial charge is 0.416 e. The molecule has 2 aromatic heterocycles. The summed E-state index contributed by atoms with van der Waals surface area (Å²) in [5.74, 6) is -0.271. The number of carbonyl (C=O) groups is 1. The first-order chi connectivity index (χ1) is 10.1. The van der Waals surface area contributed by atoms with Crippen LogP contribution in [0, 0.1) is 12.7 Å². The highest BCUT2D eigenvalue weighted by atomic mass is 19.1. The van der Waals surface area contributed by atoms with Crippen LogP contribution < -0.4 is 0 Å². The quantitative estimate of drug-likeness (QED) is 0.740. The van der Waals surface area contributed by atoms with Gasteiger partial charge >= 0.3 is 5.84 Å². The number of benzene rings is 1. The van der Waals surface area contributed by atoms with Crippen LogP contribution in [0.4, 0.5) is 4.39 Å². The molecule has 0 aliphatic heterocycles. The maximum atomic E-state index is 13.6. The zero-order valence-corrected chi connectivity index (χ0v) is 11.6. The Bertz CT molecular complexity index is 808. The second-order valence-corrected chi connectivity index (χ2v) is 4.72. The molecule has 0 spiro atoms. The van der Waals surface area contributed by atoms with Crippen molar-refractivity contribution in [1.82, 2.24) is 19.5 Å². The third-order valence-electron chi connectivity index (χ3n) is 3.26. The van der Waals surface area contributed by atoms with E-state index >= 15 is 0 Å². The van der Waals surface area contributed by atoms with Gasteiger partial charge in [-0.1, -0.05) is 18.2 Å². The average Bonchev–Trinajstić information content (AvgIpc) is 3.04. The fourth-order valence-electron chi connectivity index (χ4n) is 2.12. The van der Waals surface area contributed by atoms with Crippen LogP contribution in [-0.4, -0.2) is 32.5 Å². The fourth-order valence-corrected chi connectivity index (χ4v) is 2.12. The summed E-state index contributed by atoms with van der Waals surface area (Å²) in [7, 11) is 1.59. The summed E-state index contributed by atoms with van der Waals surface area (Å²) in [6.45, 7) is 1.87. The second kappa shape index (κ2) is 5.01. The number of hydrogen-bond donors (Lipinski definition) is 0. The van der Waals surface area contributed by atoms with Crippen molar-refractivity contribution in [2.45, 2.75) is 13.5 Å². The van der Waals surface area contributed by atoms with Crippen LogP contribution in [0.2, 0.25) is 0 Å². The molecule has 1 amide bonds. The van der Waals surface area contributed by atoms with Crippen LogP contribution in [0.5, 0.6) is 0 Å². The van der Waals surface area contributed by atoms with Crippen molar-refractivity contribution < 1.29 is 13.6 Å². The predicted molar refractivity (Wildman–Crippen MR) is 72.2 cm³/mol. The Kier molecular flexibility index (Phi) is 3.17. The lowest BCUT2D eigenvalue weighted by atomic mass is 10.2. The number of rotatable bonds is 3. The predicted octanol–water partition coefficient (Wildman–Crippen LogP) is 2.04. The number of amides is 1. The lowest BCUT2D eigenvalue weighted by Crippen LogP contribution is -2.27.